The van der Waals surface area contributed by atoms with Crippen molar-refractivity contribution < 1.29 is 4.74 Å². The van der Waals surface area contributed by atoms with E-state index in [9.17, 15) is 0 Å². The van der Waals surface area contributed by atoms with Crippen LogP contribution in [-0.4, -0.2) is 0 Å². The topological polar surface area (TPSA) is 9.23 Å². The molecule has 3 rings (SSSR count). The van der Waals surface area contributed by atoms with E-state index in [4.69, 9.17) is 27.9 Å². The van der Waals surface area contributed by atoms with Crippen LogP contribution in [0.4, 0.5) is 0 Å². The van der Waals surface area contributed by atoms with Gasteiger partial charge in [-0.05, 0) is 46.9 Å². The Morgan fingerprint density at radius 3 is 2.58 bits per heavy atom. The first kappa shape index (κ1) is 13.0. The van der Waals surface area contributed by atoms with Crippen LogP contribution >= 0.6 is 23.2 Å². The van der Waals surface area contributed by atoms with Gasteiger partial charge in [-0.25, -0.2) is 0 Å². The minimum atomic E-state index is -0.178. The number of fused-ring (bicyclic) bond motifs is 1. The zero-order valence-corrected chi connectivity index (χ0v) is 12.1. The average Bonchev–Trinajstić information content (AvgIpc) is 2.83. The molecular weight excluding hydrogens is 279 g/mol. The quantitative estimate of drug-likeness (QED) is 0.707. The highest BCUT2D eigenvalue weighted by atomic mass is 35.5. The van der Waals surface area contributed by atoms with E-state index in [1.807, 2.05) is 19.1 Å². The van der Waals surface area contributed by atoms with Crippen LogP contribution in [0.5, 0.6) is 0 Å². The van der Waals surface area contributed by atoms with E-state index in [2.05, 4.69) is 24.3 Å². The molecule has 0 amide bonds. The lowest BCUT2D eigenvalue weighted by Gasteiger charge is -2.13. The molecule has 0 bridgehead atoms. The lowest BCUT2D eigenvalue weighted by molar-refractivity contribution is 0.134. The Labute approximate surface area is 123 Å². The average molecular weight is 293 g/mol. The summed E-state index contributed by atoms with van der Waals surface area (Å²) in [6, 6.07) is 12.2. The highest BCUT2D eigenvalue weighted by Crippen LogP contribution is 2.33. The number of hydrogen-bond acceptors (Lipinski definition) is 1. The number of aryl methyl sites for hydroxylation is 1. The second-order valence-electron chi connectivity index (χ2n) is 4.95. The summed E-state index contributed by atoms with van der Waals surface area (Å²) >= 11 is 12.7. The minimum Gasteiger partial charge on any atom is -0.372 e. The summed E-state index contributed by atoms with van der Waals surface area (Å²) in [4.78, 5) is 0. The molecule has 2 aromatic carbocycles. The standard InChI is InChI=1S/C16H14Cl2O/c1-10-4-13(7-15(17)5-10)16(18)11-2-3-12-8-19-9-14(12)6-11/h2-7,16H,8-9H2,1H3. The maximum Gasteiger partial charge on any atom is 0.0836 e. The van der Waals surface area contributed by atoms with Crippen molar-refractivity contribution in [3.8, 4) is 0 Å². The number of rotatable bonds is 2. The number of ether oxygens (including phenoxy) is 1. The van der Waals surface area contributed by atoms with Crippen molar-refractivity contribution >= 4 is 23.2 Å². The fourth-order valence-electron chi connectivity index (χ4n) is 2.45. The van der Waals surface area contributed by atoms with E-state index in [0.29, 0.717) is 13.2 Å². The van der Waals surface area contributed by atoms with Crippen molar-refractivity contribution in [1.82, 2.24) is 0 Å². The Morgan fingerprint density at radius 2 is 1.79 bits per heavy atom. The van der Waals surface area contributed by atoms with E-state index >= 15 is 0 Å². The van der Waals surface area contributed by atoms with Crippen LogP contribution in [0.3, 0.4) is 0 Å². The third-order valence-corrected chi connectivity index (χ3v) is 4.12. The third kappa shape index (κ3) is 2.64. The van der Waals surface area contributed by atoms with E-state index in [1.165, 1.54) is 11.1 Å². The van der Waals surface area contributed by atoms with Crippen molar-refractivity contribution in [3.63, 3.8) is 0 Å². The van der Waals surface area contributed by atoms with Crippen LogP contribution < -0.4 is 0 Å². The fraction of sp³-hybridized carbons (Fsp3) is 0.250. The van der Waals surface area contributed by atoms with Crippen molar-refractivity contribution in [1.29, 1.82) is 0 Å². The molecule has 19 heavy (non-hydrogen) atoms. The molecule has 0 saturated heterocycles. The molecule has 1 unspecified atom stereocenters. The van der Waals surface area contributed by atoms with Gasteiger partial charge in [-0.15, -0.1) is 11.6 Å². The molecule has 1 atom stereocenters. The SMILES string of the molecule is Cc1cc(Cl)cc(C(Cl)c2ccc3c(c2)COC3)c1. The van der Waals surface area contributed by atoms with E-state index in [0.717, 1.165) is 21.7 Å². The van der Waals surface area contributed by atoms with Crippen LogP contribution in [0.25, 0.3) is 0 Å². The minimum absolute atomic E-state index is 0.178. The largest absolute Gasteiger partial charge is 0.372 e. The number of hydrogen-bond donors (Lipinski definition) is 0. The first-order valence-corrected chi connectivity index (χ1v) is 7.05. The molecule has 0 spiro atoms. The molecule has 1 heterocycles. The Morgan fingerprint density at radius 1 is 1.00 bits per heavy atom. The predicted molar refractivity (Wildman–Crippen MR) is 78.8 cm³/mol. The Hall–Kier alpha value is -1.02. The number of halogens is 2. The second-order valence-corrected chi connectivity index (χ2v) is 5.82. The van der Waals surface area contributed by atoms with Gasteiger partial charge in [0.1, 0.15) is 0 Å². The van der Waals surface area contributed by atoms with Gasteiger partial charge >= 0.3 is 0 Å². The Kier molecular flexibility index (Phi) is 3.53. The maximum absolute atomic E-state index is 6.58. The van der Waals surface area contributed by atoms with Crippen molar-refractivity contribution in [2.45, 2.75) is 25.5 Å². The summed E-state index contributed by atoms with van der Waals surface area (Å²) in [6.07, 6.45) is 0. The molecule has 1 aliphatic rings. The van der Waals surface area contributed by atoms with Gasteiger partial charge in [0.2, 0.25) is 0 Å². The summed E-state index contributed by atoms with van der Waals surface area (Å²) in [6.45, 7) is 3.41. The van der Waals surface area contributed by atoms with Gasteiger partial charge in [-0.1, -0.05) is 35.9 Å². The van der Waals surface area contributed by atoms with Gasteiger partial charge in [0.05, 0.1) is 18.6 Å². The smallest absolute Gasteiger partial charge is 0.0836 e. The summed E-state index contributed by atoms with van der Waals surface area (Å²) in [5.41, 5.74) is 5.74. The number of alkyl halides is 1. The normalized spacial score (nSPS) is 15.3. The van der Waals surface area contributed by atoms with Gasteiger partial charge in [-0.3, -0.25) is 0 Å². The van der Waals surface area contributed by atoms with Gasteiger partial charge in [-0.2, -0.15) is 0 Å². The second kappa shape index (κ2) is 5.16. The van der Waals surface area contributed by atoms with Crippen molar-refractivity contribution in [2.24, 2.45) is 0 Å². The fourth-order valence-corrected chi connectivity index (χ4v) is 3.01. The molecule has 0 N–H and O–H groups in total. The molecule has 0 saturated carbocycles. The van der Waals surface area contributed by atoms with Gasteiger partial charge < -0.3 is 4.74 Å². The molecule has 1 nitrogen and oxygen atoms in total. The van der Waals surface area contributed by atoms with E-state index < -0.39 is 0 Å². The van der Waals surface area contributed by atoms with Crippen LogP contribution in [0.15, 0.2) is 36.4 Å². The van der Waals surface area contributed by atoms with Crippen LogP contribution in [-0.2, 0) is 18.0 Å². The highest BCUT2D eigenvalue weighted by molar-refractivity contribution is 6.31. The van der Waals surface area contributed by atoms with Crippen LogP contribution in [0.1, 0.15) is 33.2 Å². The molecule has 0 aromatic heterocycles. The van der Waals surface area contributed by atoms with E-state index in [1.54, 1.807) is 0 Å². The monoisotopic (exact) mass is 292 g/mol. The van der Waals surface area contributed by atoms with Gasteiger partial charge in [0.25, 0.3) is 0 Å². The molecule has 98 valence electrons. The van der Waals surface area contributed by atoms with Gasteiger partial charge in [0.15, 0.2) is 0 Å². The van der Waals surface area contributed by atoms with Crippen molar-refractivity contribution in [2.75, 3.05) is 0 Å². The lowest BCUT2D eigenvalue weighted by atomic mass is 9.99. The molecule has 1 aliphatic heterocycles. The molecule has 2 aromatic rings. The molecule has 0 radical (unpaired) electrons. The third-order valence-electron chi connectivity index (χ3n) is 3.40. The van der Waals surface area contributed by atoms with Gasteiger partial charge in [0, 0.05) is 5.02 Å². The summed E-state index contributed by atoms with van der Waals surface area (Å²) in [7, 11) is 0. The van der Waals surface area contributed by atoms with Crippen molar-refractivity contribution in [3.05, 3.63) is 69.2 Å². The summed E-state index contributed by atoms with van der Waals surface area (Å²) in [5.74, 6) is 0. The predicted octanol–water partition coefficient (Wildman–Crippen LogP) is 5.01. The first-order valence-electron chi connectivity index (χ1n) is 6.24. The molecule has 0 aliphatic carbocycles. The summed E-state index contributed by atoms with van der Waals surface area (Å²) < 4.78 is 5.43. The molecule has 3 heteroatoms. The highest BCUT2D eigenvalue weighted by Gasteiger charge is 2.16. The lowest BCUT2D eigenvalue weighted by Crippen LogP contribution is -1.96. The number of benzene rings is 2. The Bertz CT molecular complexity index is 602. The molecule has 0 fully saturated rings. The van der Waals surface area contributed by atoms with Crippen LogP contribution in [0.2, 0.25) is 5.02 Å². The zero-order chi connectivity index (χ0) is 13.4. The van der Waals surface area contributed by atoms with E-state index in [-0.39, 0.29) is 5.38 Å². The Balaban J connectivity index is 1.97. The van der Waals surface area contributed by atoms with Crippen LogP contribution in [0, 0.1) is 6.92 Å². The summed E-state index contributed by atoms with van der Waals surface area (Å²) in [5, 5.41) is 0.549. The maximum atomic E-state index is 6.58. The first-order chi connectivity index (χ1) is 9.13. The zero-order valence-electron chi connectivity index (χ0n) is 10.6. The molecular formula is C16H14Cl2O.